The van der Waals surface area contributed by atoms with E-state index in [1.165, 1.54) is 4.68 Å². The maximum atomic E-state index is 13.0. The number of thioether (sulfide) groups is 1. The van der Waals surface area contributed by atoms with Crippen molar-refractivity contribution in [3.8, 4) is 5.69 Å². The van der Waals surface area contributed by atoms with Gasteiger partial charge in [0.15, 0.2) is 0 Å². The molecule has 9 nitrogen and oxygen atoms in total. The van der Waals surface area contributed by atoms with Crippen molar-refractivity contribution in [3.63, 3.8) is 0 Å². The molecule has 1 aromatic heterocycles. The van der Waals surface area contributed by atoms with Crippen molar-refractivity contribution in [1.29, 1.82) is 0 Å². The summed E-state index contributed by atoms with van der Waals surface area (Å²) in [5.41, 5.74) is 2.91. The molecule has 1 heterocycles. The first kappa shape index (κ1) is 26.8. The summed E-state index contributed by atoms with van der Waals surface area (Å²) in [5.74, 6) is -1.07. The molecule has 3 N–H and O–H groups in total. The zero-order chi connectivity index (χ0) is 26.2. The topological polar surface area (TPSA) is 114 Å². The first-order valence-electron chi connectivity index (χ1n) is 11.6. The van der Waals surface area contributed by atoms with Crippen molar-refractivity contribution in [2.45, 2.75) is 32.4 Å². The second kappa shape index (κ2) is 12.3. The van der Waals surface area contributed by atoms with Gasteiger partial charge in [0.2, 0.25) is 17.7 Å². The van der Waals surface area contributed by atoms with Crippen LogP contribution in [0, 0.1) is 6.92 Å². The van der Waals surface area contributed by atoms with Crippen LogP contribution >= 0.6 is 11.8 Å². The molecule has 0 saturated heterocycles. The molecule has 1 atom stereocenters. The first-order chi connectivity index (χ1) is 17.2. The lowest BCUT2D eigenvalue weighted by molar-refractivity contribution is -0.122. The number of carbonyl (C=O) groups excluding carboxylic acids is 3. The van der Waals surface area contributed by atoms with E-state index in [0.717, 1.165) is 29.4 Å². The SMILES string of the molecule is CCc1ccccc1NC(=O)CNC(=O)CS[C@@H](C)C(=O)Nc1c(C)n(C)n(-c2ccccc2)c1=O. The number of anilines is 2. The number of amides is 3. The van der Waals surface area contributed by atoms with E-state index in [4.69, 9.17) is 0 Å². The summed E-state index contributed by atoms with van der Waals surface area (Å²) in [4.78, 5) is 50.1. The highest BCUT2D eigenvalue weighted by Gasteiger charge is 2.22. The lowest BCUT2D eigenvalue weighted by Crippen LogP contribution is -2.35. The predicted molar refractivity (Wildman–Crippen MR) is 144 cm³/mol. The van der Waals surface area contributed by atoms with Crippen molar-refractivity contribution < 1.29 is 14.4 Å². The molecule has 3 amide bonds. The monoisotopic (exact) mass is 509 g/mol. The van der Waals surface area contributed by atoms with Gasteiger partial charge in [-0.1, -0.05) is 43.3 Å². The fourth-order valence-corrected chi connectivity index (χ4v) is 4.30. The van der Waals surface area contributed by atoms with Crippen LogP contribution in [0.1, 0.15) is 25.1 Å². The minimum atomic E-state index is -0.592. The zero-order valence-electron chi connectivity index (χ0n) is 20.8. The Balaban J connectivity index is 1.51. The molecule has 3 aromatic rings. The van der Waals surface area contributed by atoms with Crippen molar-refractivity contribution in [3.05, 3.63) is 76.2 Å². The van der Waals surface area contributed by atoms with Crippen LogP contribution in [-0.2, 0) is 27.9 Å². The minimum Gasteiger partial charge on any atom is -0.346 e. The highest BCUT2D eigenvalue weighted by Crippen LogP contribution is 2.17. The van der Waals surface area contributed by atoms with Crippen LogP contribution < -0.4 is 21.5 Å². The summed E-state index contributed by atoms with van der Waals surface area (Å²) in [6.45, 7) is 5.25. The van der Waals surface area contributed by atoms with Crippen LogP contribution in [0.4, 0.5) is 11.4 Å². The Morgan fingerprint density at radius 2 is 1.64 bits per heavy atom. The quantitative estimate of drug-likeness (QED) is 0.389. The van der Waals surface area contributed by atoms with Gasteiger partial charge in [-0.2, -0.15) is 0 Å². The summed E-state index contributed by atoms with van der Waals surface area (Å²) in [7, 11) is 1.75. The van der Waals surface area contributed by atoms with Crippen LogP contribution in [0.5, 0.6) is 0 Å². The van der Waals surface area contributed by atoms with Crippen molar-refractivity contribution in [2.75, 3.05) is 22.9 Å². The molecule has 0 aliphatic rings. The van der Waals surface area contributed by atoms with Crippen LogP contribution in [0.15, 0.2) is 59.4 Å². The van der Waals surface area contributed by atoms with Gasteiger partial charge in [-0.05, 0) is 44.0 Å². The number of nitrogens with zero attached hydrogens (tertiary/aromatic N) is 2. The van der Waals surface area contributed by atoms with Gasteiger partial charge in [0.1, 0.15) is 5.69 Å². The fraction of sp³-hybridized carbons (Fsp3) is 0.308. The molecule has 0 spiro atoms. The number of nitrogens with one attached hydrogen (secondary N) is 3. The smallest absolute Gasteiger partial charge is 0.295 e. The molecule has 3 rings (SSSR count). The van der Waals surface area contributed by atoms with Crippen molar-refractivity contribution >= 4 is 40.9 Å². The normalized spacial score (nSPS) is 11.6. The van der Waals surface area contributed by atoms with Gasteiger partial charge in [-0.15, -0.1) is 11.8 Å². The van der Waals surface area contributed by atoms with Crippen LogP contribution in [0.25, 0.3) is 5.69 Å². The summed E-state index contributed by atoms with van der Waals surface area (Å²) < 4.78 is 3.17. The number of para-hydroxylation sites is 2. The average molecular weight is 510 g/mol. The Morgan fingerprint density at radius 1 is 0.972 bits per heavy atom. The average Bonchev–Trinajstić information content (AvgIpc) is 3.09. The number of carbonyl (C=O) groups is 3. The Labute approximate surface area is 214 Å². The van der Waals surface area contributed by atoms with Gasteiger partial charge in [0.25, 0.3) is 5.56 Å². The van der Waals surface area contributed by atoms with E-state index in [1.54, 1.807) is 25.6 Å². The van der Waals surface area contributed by atoms with Crippen molar-refractivity contribution in [1.82, 2.24) is 14.7 Å². The second-order valence-electron chi connectivity index (χ2n) is 8.21. The molecule has 0 unspecified atom stereocenters. The van der Waals surface area contributed by atoms with Crippen LogP contribution in [0.3, 0.4) is 0 Å². The predicted octanol–water partition coefficient (Wildman–Crippen LogP) is 2.86. The first-order valence-corrected chi connectivity index (χ1v) is 12.7. The third-order valence-corrected chi connectivity index (χ3v) is 6.90. The van der Waals surface area contributed by atoms with Crippen LogP contribution in [-0.4, -0.2) is 44.6 Å². The highest BCUT2D eigenvalue weighted by atomic mass is 32.2. The molecule has 0 radical (unpaired) electrons. The van der Waals surface area contributed by atoms with E-state index in [-0.39, 0.29) is 41.3 Å². The van der Waals surface area contributed by atoms with Gasteiger partial charge in [0.05, 0.1) is 28.9 Å². The Hall–Kier alpha value is -3.79. The maximum Gasteiger partial charge on any atom is 0.295 e. The standard InChI is InChI=1S/C26H31N5O4S/c1-5-19-11-9-10-14-21(19)28-22(32)15-27-23(33)16-36-18(3)25(34)29-24-17(2)30(4)31(26(24)35)20-12-7-6-8-13-20/h6-14,18H,5,15-16H2,1-4H3,(H,27,33)(H,28,32)(H,29,34)/t18-/m0/s1. The molecule has 0 aliphatic carbocycles. The molecule has 190 valence electrons. The van der Waals surface area contributed by atoms with Crippen LogP contribution in [0.2, 0.25) is 0 Å². The zero-order valence-corrected chi connectivity index (χ0v) is 21.6. The largest absolute Gasteiger partial charge is 0.346 e. The number of hydrogen-bond donors (Lipinski definition) is 3. The van der Waals surface area contributed by atoms with Gasteiger partial charge in [-0.25, -0.2) is 4.68 Å². The third kappa shape index (κ3) is 6.45. The number of aryl methyl sites for hydroxylation is 1. The van der Waals surface area contributed by atoms with E-state index < -0.39 is 5.25 Å². The number of hydrogen-bond acceptors (Lipinski definition) is 5. The summed E-state index contributed by atoms with van der Waals surface area (Å²) in [5, 5.41) is 7.49. The number of rotatable bonds is 10. The molecule has 2 aromatic carbocycles. The van der Waals surface area contributed by atoms with E-state index in [1.807, 2.05) is 61.5 Å². The Morgan fingerprint density at radius 3 is 2.33 bits per heavy atom. The molecule has 36 heavy (non-hydrogen) atoms. The summed E-state index contributed by atoms with van der Waals surface area (Å²) in [6, 6.07) is 16.6. The third-order valence-electron chi connectivity index (χ3n) is 5.75. The Kier molecular flexibility index (Phi) is 9.13. The second-order valence-corrected chi connectivity index (χ2v) is 9.54. The van der Waals surface area contributed by atoms with E-state index in [2.05, 4.69) is 16.0 Å². The highest BCUT2D eigenvalue weighted by molar-refractivity contribution is 8.01. The van der Waals surface area contributed by atoms with Gasteiger partial charge < -0.3 is 16.0 Å². The molecular weight excluding hydrogens is 478 g/mol. The van der Waals surface area contributed by atoms with Gasteiger partial charge in [0, 0.05) is 12.7 Å². The van der Waals surface area contributed by atoms with E-state index >= 15 is 0 Å². The Bertz CT molecular complexity index is 1300. The molecule has 0 saturated carbocycles. The molecule has 0 bridgehead atoms. The molecule has 10 heteroatoms. The summed E-state index contributed by atoms with van der Waals surface area (Å²) in [6.07, 6.45) is 0.780. The fourth-order valence-electron chi connectivity index (χ4n) is 3.59. The van der Waals surface area contributed by atoms with Crippen molar-refractivity contribution in [2.24, 2.45) is 7.05 Å². The molecule has 0 aliphatic heterocycles. The van der Waals surface area contributed by atoms with E-state index in [9.17, 15) is 19.2 Å². The number of aromatic nitrogens is 2. The lowest BCUT2D eigenvalue weighted by atomic mass is 10.1. The minimum absolute atomic E-state index is 0.00453. The maximum absolute atomic E-state index is 13.0. The van der Waals surface area contributed by atoms with Gasteiger partial charge >= 0.3 is 0 Å². The molecule has 0 fully saturated rings. The number of benzene rings is 2. The van der Waals surface area contributed by atoms with Gasteiger partial charge in [-0.3, -0.25) is 23.9 Å². The lowest BCUT2D eigenvalue weighted by Gasteiger charge is -2.12. The van der Waals surface area contributed by atoms with E-state index in [0.29, 0.717) is 11.4 Å². The molecular formula is C26H31N5O4S. The summed E-state index contributed by atoms with van der Waals surface area (Å²) >= 11 is 1.12.